The summed E-state index contributed by atoms with van der Waals surface area (Å²) >= 11 is 4.86. The van der Waals surface area contributed by atoms with Crippen molar-refractivity contribution >= 4 is 17.2 Å². The maximum absolute atomic E-state index is 13.1. The van der Waals surface area contributed by atoms with Crippen molar-refractivity contribution in [1.82, 2.24) is 0 Å². The second-order valence-corrected chi connectivity index (χ2v) is 5.01. The number of thiocarbonyl (C=S) groups is 1. The Balaban J connectivity index is 2.70. The number of hydrogen-bond donors (Lipinski definition) is 1. The Morgan fingerprint density at radius 3 is 2.67 bits per heavy atom. The van der Waals surface area contributed by atoms with E-state index < -0.39 is 0 Å². The summed E-state index contributed by atoms with van der Waals surface area (Å²) in [5.41, 5.74) is 5.68. The third kappa shape index (κ3) is 4.23. The summed E-state index contributed by atoms with van der Waals surface area (Å²) in [5.74, 6) is 0.109. The van der Waals surface area contributed by atoms with Crippen LogP contribution in [0, 0.1) is 5.82 Å². The molecule has 1 aromatic rings. The van der Waals surface area contributed by atoms with Gasteiger partial charge in [0.2, 0.25) is 0 Å². The molecule has 0 saturated carbocycles. The molecule has 5 heteroatoms. The lowest BCUT2D eigenvalue weighted by atomic mass is 10.1. The SMILES string of the molecule is COC(C)(C)CCOc1ccc(F)cc1C(N)=S. The van der Waals surface area contributed by atoms with E-state index in [0.717, 1.165) is 0 Å². The average Bonchev–Trinajstić information content (AvgIpc) is 2.30. The highest BCUT2D eigenvalue weighted by molar-refractivity contribution is 7.80. The van der Waals surface area contributed by atoms with Gasteiger partial charge in [0.1, 0.15) is 16.6 Å². The molecular weight excluding hydrogens is 253 g/mol. The standard InChI is InChI=1S/C13H18FNO2S/c1-13(2,16-3)6-7-17-11-5-4-9(14)8-10(11)12(15)18/h4-5,8H,6-7H2,1-3H3,(H2,15,18). The summed E-state index contributed by atoms with van der Waals surface area (Å²) in [5, 5.41) is 0. The average molecular weight is 271 g/mol. The number of ether oxygens (including phenoxy) is 2. The first kappa shape index (κ1) is 14.9. The van der Waals surface area contributed by atoms with E-state index in [1.165, 1.54) is 18.2 Å². The fraction of sp³-hybridized carbons (Fsp3) is 0.462. The summed E-state index contributed by atoms with van der Waals surface area (Å²) in [6, 6.07) is 4.13. The minimum atomic E-state index is -0.387. The second kappa shape index (κ2) is 6.11. The van der Waals surface area contributed by atoms with E-state index in [2.05, 4.69) is 0 Å². The highest BCUT2D eigenvalue weighted by atomic mass is 32.1. The van der Waals surface area contributed by atoms with Gasteiger partial charge >= 0.3 is 0 Å². The van der Waals surface area contributed by atoms with Gasteiger partial charge in [0.15, 0.2) is 0 Å². The van der Waals surface area contributed by atoms with Gasteiger partial charge in [0.05, 0.1) is 17.8 Å². The zero-order valence-corrected chi connectivity index (χ0v) is 11.6. The van der Waals surface area contributed by atoms with Gasteiger partial charge in [-0.25, -0.2) is 4.39 Å². The Morgan fingerprint density at radius 2 is 2.11 bits per heavy atom. The molecule has 2 N–H and O–H groups in total. The first-order chi connectivity index (χ1) is 8.35. The predicted octanol–water partition coefficient (Wildman–Crippen LogP) is 2.65. The van der Waals surface area contributed by atoms with Gasteiger partial charge in [0.25, 0.3) is 0 Å². The molecule has 0 amide bonds. The van der Waals surface area contributed by atoms with Crippen LogP contribution in [0.1, 0.15) is 25.8 Å². The zero-order valence-electron chi connectivity index (χ0n) is 10.8. The van der Waals surface area contributed by atoms with Gasteiger partial charge in [-0.2, -0.15) is 0 Å². The molecule has 0 atom stereocenters. The molecule has 0 fully saturated rings. The minimum Gasteiger partial charge on any atom is -0.493 e. The van der Waals surface area contributed by atoms with Gasteiger partial charge in [-0.05, 0) is 32.0 Å². The molecule has 0 aliphatic heterocycles. The maximum Gasteiger partial charge on any atom is 0.129 e. The van der Waals surface area contributed by atoms with Gasteiger partial charge < -0.3 is 15.2 Å². The van der Waals surface area contributed by atoms with Gasteiger partial charge in [-0.15, -0.1) is 0 Å². The number of methoxy groups -OCH3 is 1. The van der Waals surface area contributed by atoms with E-state index in [1.54, 1.807) is 7.11 Å². The number of benzene rings is 1. The molecule has 100 valence electrons. The molecule has 1 aromatic carbocycles. The fourth-order valence-electron chi connectivity index (χ4n) is 1.33. The van der Waals surface area contributed by atoms with Crippen LogP contribution in [0.5, 0.6) is 5.75 Å². The molecule has 3 nitrogen and oxygen atoms in total. The quantitative estimate of drug-likeness (QED) is 0.808. The van der Waals surface area contributed by atoms with Gasteiger partial charge in [-0.1, -0.05) is 12.2 Å². The van der Waals surface area contributed by atoms with E-state index in [1.807, 2.05) is 13.8 Å². The molecule has 0 aliphatic rings. The van der Waals surface area contributed by atoms with Crippen LogP contribution in [0.3, 0.4) is 0 Å². The van der Waals surface area contributed by atoms with Crippen LogP contribution in [-0.4, -0.2) is 24.3 Å². The molecule has 0 heterocycles. The zero-order chi connectivity index (χ0) is 13.8. The highest BCUT2D eigenvalue weighted by Gasteiger charge is 2.16. The number of rotatable bonds is 6. The summed E-state index contributed by atoms with van der Waals surface area (Å²) in [4.78, 5) is 0.121. The number of hydrogen-bond acceptors (Lipinski definition) is 3. The van der Waals surface area contributed by atoms with Crippen LogP contribution in [0.15, 0.2) is 18.2 Å². The number of halogens is 1. The van der Waals surface area contributed by atoms with Crippen molar-refractivity contribution in [2.75, 3.05) is 13.7 Å². The van der Waals surface area contributed by atoms with Crippen molar-refractivity contribution in [1.29, 1.82) is 0 Å². The summed E-state index contributed by atoms with van der Waals surface area (Å²) in [6.07, 6.45) is 0.706. The smallest absolute Gasteiger partial charge is 0.129 e. The molecule has 0 unspecified atom stereocenters. The van der Waals surface area contributed by atoms with Crippen molar-refractivity contribution in [2.24, 2.45) is 5.73 Å². The normalized spacial score (nSPS) is 11.3. The summed E-state index contributed by atoms with van der Waals surface area (Å²) in [6.45, 7) is 4.38. The lowest BCUT2D eigenvalue weighted by molar-refractivity contribution is 0.00543. The topological polar surface area (TPSA) is 44.5 Å². The Hall–Kier alpha value is -1.20. The molecule has 0 bridgehead atoms. The molecule has 18 heavy (non-hydrogen) atoms. The van der Waals surface area contributed by atoms with Crippen LogP contribution in [0.2, 0.25) is 0 Å². The van der Waals surface area contributed by atoms with Crippen LogP contribution in [-0.2, 0) is 4.74 Å². The van der Waals surface area contributed by atoms with Gasteiger partial charge in [0, 0.05) is 13.5 Å². The van der Waals surface area contributed by atoms with E-state index in [0.29, 0.717) is 24.3 Å². The van der Waals surface area contributed by atoms with Crippen molar-refractivity contribution < 1.29 is 13.9 Å². The lowest BCUT2D eigenvalue weighted by Gasteiger charge is -2.23. The van der Waals surface area contributed by atoms with E-state index in [9.17, 15) is 4.39 Å². The summed E-state index contributed by atoms with van der Waals surface area (Å²) in [7, 11) is 1.65. The van der Waals surface area contributed by atoms with Crippen LogP contribution in [0.25, 0.3) is 0 Å². The Labute approximate surface area is 112 Å². The van der Waals surface area contributed by atoms with E-state index in [4.69, 9.17) is 27.4 Å². The third-order valence-corrected chi connectivity index (χ3v) is 2.94. The van der Waals surface area contributed by atoms with Crippen molar-refractivity contribution in [3.63, 3.8) is 0 Å². The second-order valence-electron chi connectivity index (χ2n) is 4.57. The summed E-state index contributed by atoms with van der Waals surface area (Å²) < 4.78 is 23.9. The first-order valence-electron chi connectivity index (χ1n) is 5.63. The van der Waals surface area contributed by atoms with Crippen molar-refractivity contribution in [3.8, 4) is 5.75 Å². The largest absolute Gasteiger partial charge is 0.493 e. The molecule has 0 radical (unpaired) electrons. The molecular formula is C13H18FNO2S. The van der Waals surface area contributed by atoms with E-state index >= 15 is 0 Å². The molecule has 0 aromatic heterocycles. The van der Waals surface area contributed by atoms with Crippen LogP contribution >= 0.6 is 12.2 Å². The predicted molar refractivity (Wildman–Crippen MR) is 73.5 cm³/mol. The number of nitrogens with two attached hydrogens (primary N) is 1. The maximum atomic E-state index is 13.1. The van der Waals surface area contributed by atoms with Crippen LogP contribution in [0.4, 0.5) is 4.39 Å². The van der Waals surface area contributed by atoms with Crippen LogP contribution < -0.4 is 10.5 Å². The highest BCUT2D eigenvalue weighted by Crippen LogP contribution is 2.21. The Bertz CT molecular complexity index is 435. The monoisotopic (exact) mass is 271 g/mol. The molecule has 0 aliphatic carbocycles. The molecule has 1 rings (SSSR count). The minimum absolute atomic E-state index is 0.121. The molecule has 0 spiro atoms. The van der Waals surface area contributed by atoms with Crippen molar-refractivity contribution in [3.05, 3.63) is 29.6 Å². The Morgan fingerprint density at radius 1 is 1.44 bits per heavy atom. The Kier molecular flexibility index (Phi) is 5.04. The third-order valence-electron chi connectivity index (χ3n) is 2.72. The first-order valence-corrected chi connectivity index (χ1v) is 6.04. The lowest BCUT2D eigenvalue weighted by Crippen LogP contribution is -2.25. The molecule has 0 saturated heterocycles. The van der Waals surface area contributed by atoms with E-state index in [-0.39, 0.29) is 16.4 Å². The van der Waals surface area contributed by atoms with Gasteiger partial charge in [-0.3, -0.25) is 0 Å². The fourth-order valence-corrected chi connectivity index (χ4v) is 1.49. The van der Waals surface area contributed by atoms with Crippen molar-refractivity contribution in [2.45, 2.75) is 25.9 Å².